The lowest BCUT2D eigenvalue weighted by atomic mass is 10.0. The number of amides is 1. The largest absolute Gasteiger partial charge is 0.621 e. The number of rotatable bonds is 0. The van der Waals surface area contributed by atoms with Gasteiger partial charge in [0.25, 0.3) is 0 Å². The monoisotopic (exact) mass is 163 g/mol. The van der Waals surface area contributed by atoms with E-state index < -0.39 is 0 Å². The fourth-order valence-electron chi connectivity index (χ4n) is 1.47. The molecule has 0 bridgehead atoms. The van der Waals surface area contributed by atoms with Crippen molar-refractivity contribution in [3.05, 3.63) is 35.0 Å². The van der Waals surface area contributed by atoms with Gasteiger partial charge in [-0.3, -0.25) is 5.06 Å². The van der Waals surface area contributed by atoms with Gasteiger partial charge in [-0.2, -0.15) is 0 Å². The smallest absolute Gasteiger partial charge is 0.317 e. The number of nitrogens with one attached hydrogen (secondary N) is 1. The number of benzene rings is 1. The van der Waals surface area contributed by atoms with E-state index in [-0.39, 0.29) is 11.0 Å². The van der Waals surface area contributed by atoms with Crippen molar-refractivity contribution >= 4 is 11.6 Å². The van der Waals surface area contributed by atoms with Gasteiger partial charge in [0, 0.05) is 11.6 Å². The zero-order chi connectivity index (χ0) is 8.55. The van der Waals surface area contributed by atoms with Crippen molar-refractivity contribution in [2.24, 2.45) is 0 Å². The van der Waals surface area contributed by atoms with Gasteiger partial charge in [-0.15, -0.1) is 0 Å². The summed E-state index contributed by atoms with van der Waals surface area (Å²) < 4.78 is 0. The molecule has 0 aromatic heterocycles. The number of hydrogen-bond donors (Lipinski definition) is 1. The summed E-state index contributed by atoms with van der Waals surface area (Å²) in [4.78, 5) is 11.0. The molecule has 1 N–H and O–H groups in total. The van der Waals surface area contributed by atoms with E-state index in [4.69, 9.17) is 0 Å². The fourth-order valence-corrected chi connectivity index (χ4v) is 1.47. The van der Waals surface area contributed by atoms with Crippen molar-refractivity contribution in [1.29, 1.82) is 0 Å². The molecule has 3 heteroatoms. The molecule has 1 aliphatic heterocycles. The number of carbonyl (C=O) groups excluding carboxylic acids is 1. The topological polar surface area (TPSA) is 44.6 Å². The van der Waals surface area contributed by atoms with Crippen LogP contribution in [0.3, 0.4) is 0 Å². The first-order valence-corrected chi connectivity index (χ1v) is 3.94. The minimum absolute atomic E-state index is 0.256. The zero-order valence-corrected chi connectivity index (χ0v) is 6.54. The maximum Gasteiger partial charge on any atom is 0.317 e. The molecule has 1 heterocycles. The predicted molar refractivity (Wildman–Crippen MR) is 43.8 cm³/mol. The second kappa shape index (κ2) is 2.69. The number of para-hydroxylation sites is 1. The summed E-state index contributed by atoms with van der Waals surface area (Å²) in [6.07, 6.45) is 1.08. The van der Waals surface area contributed by atoms with Crippen molar-refractivity contribution in [3.8, 4) is 0 Å². The Labute approximate surface area is 70.2 Å². The highest BCUT2D eigenvalue weighted by molar-refractivity contribution is 5.73. The van der Waals surface area contributed by atoms with Gasteiger partial charge in [0.2, 0.25) is 0 Å². The van der Waals surface area contributed by atoms with Crippen LogP contribution in [-0.2, 0) is 11.2 Å². The lowest BCUT2D eigenvalue weighted by molar-refractivity contribution is -0.691. The van der Waals surface area contributed by atoms with Crippen LogP contribution < -0.4 is 5.06 Å². The summed E-state index contributed by atoms with van der Waals surface area (Å²) in [5.41, 5.74) is 1.59. The molecule has 62 valence electrons. The Morgan fingerprint density at radius 3 is 2.83 bits per heavy atom. The minimum atomic E-state index is -0.322. The standard InChI is InChI=1S/C9H9NO2/c11-9-6-5-7-3-1-2-4-8(7)10(9)12/h1-4,10H,5-6H2. The van der Waals surface area contributed by atoms with E-state index in [0.717, 1.165) is 5.56 Å². The Kier molecular flexibility index (Phi) is 1.67. The summed E-state index contributed by atoms with van der Waals surface area (Å²) in [6.45, 7) is 0. The number of hydrogen-bond acceptors (Lipinski definition) is 2. The summed E-state index contributed by atoms with van der Waals surface area (Å²) in [5.74, 6) is -0.256. The molecule has 3 nitrogen and oxygen atoms in total. The van der Waals surface area contributed by atoms with E-state index in [1.807, 2.05) is 12.1 Å². The van der Waals surface area contributed by atoms with Crippen LogP contribution >= 0.6 is 0 Å². The third-order valence-corrected chi connectivity index (χ3v) is 2.14. The van der Waals surface area contributed by atoms with Gasteiger partial charge < -0.3 is 5.21 Å². The SMILES string of the molecule is O=C1CCc2ccccc2[NH+]1[O-]. The summed E-state index contributed by atoms with van der Waals surface area (Å²) in [5, 5.41) is 10.9. The number of quaternary nitrogens is 1. The first-order valence-electron chi connectivity index (χ1n) is 3.94. The quantitative estimate of drug-likeness (QED) is 0.554. The van der Waals surface area contributed by atoms with E-state index in [1.165, 1.54) is 0 Å². The van der Waals surface area contributed by atoms with Crippen LogP contribution in [-0.4, -0.2) is 5.91 Å². The van der Waals surface area contributed by atoms with Gasteiger partial charge in [0.05, 0.1) is 6.42 Å². The van der Waals surface area contributed by atoms with E-state index in [2.05, 4.69) is 0 Å². The average Bonchev–Trinajstić information content (AvgIpc) is 2.12. The highest BCUT2D eigenvalue weighted by atomic mass is 16.5. The summed E-state index contributed by atoms with van der Waals surface area (Å²) in [6, 6.07) is 7.30. The molecule has 1 amide bonds. The van der Waals surface area contributed by atoms with Crippen LogP contribution in [0.4, 0.5) is 5.69 Å². The Hall–Kier alpha value is -1.19. The summed E-state index contributed by atoms with van der Waals surface area (Å²) >= 11 is 0. The molecule has 0 spiro atoms. The molecule has 0 radical (unpaired) electrons. The van der Waals surface area contributed by atoms with Gasteiger partial charge in [-0.25, -0.2) is 4.79 Å². The Morgan fingerprint density at radius 1 is 1.25 bits per heavy atom. The first kappa shape index (κ1) is 7.46. The zero-order valence-electron chi connectivity index (χ0n) is 6.54. The third-order valence-electron chi connectivity index (χ3n) is 2.14. The lowest BCUT2D eigenvalue weighted by Gasteiger charge is -2.25. The molecular weight excluding hydrogens is 154 g/mol. The van der Waals surface area contributed by atoms with Gasteiger partial charge >= 0.3 is 5.91 Å². The highest BCUT2D eigenvalue weighted by Gasteiger charge is 2.22. The van der Waals surface area contributed by atoms with Crippen LogP contribution in [0, 0.1) is 5.21 Å². The molecule has 0 saturated heterocycles. The Bertz CT molecular complexity index is 322. The van der Waals surface area contributed by atoms with E-state index in [9.17, 15) is 10.0 Å². The lowest BCUT2D eigenvalue weighted by Crippen LogP contribution is -3.06. The van der Waals surface area contributed by atoms with E-state index in [1.54, 1.807) is 12.1 Å². The van der Waals surface area contributed by atoms with Crippen LogP contribution in [0.1, 0.15) is 12.0 Å². The van der Waals surface area contributed by atoms with Gasteiger partial charge in [-0.05, 0) is 6.42 Å². The van der Waals surface area contributed by atoms with Crippen LogP contribution in [0.2, 0.25) is 0 Å². The fraction of sp³-hybridized carbons (Fsp3) is 0.222. The molecule has 1 atom stereocenters. The van der Waals surface area contributed by atoms with Crippen molar-refractivity contribution < 1.29 is 9.86 Å². The van der Waals surface area contributed by atoms with Crippen molar-refractivity contribution in [1.82, 2.24) is 0 Å². The number of hydroxylamine groups is 1. The highest BCUT2D eigenvalue weighted by Crippen LogP contribution is 2.15. The van der Waals surface area contributed by atoms with Crippen LogP contribution in [0.5, 0.6) is 0 Å². The second-order valence-electron chi connectivity index (χ2n) is 2.91. The Balaban J connectivity index is 2.48. The number of fused-ring (bicyclic) bond motifs is 1. The normalized spacial score (nSPS) is 22.1. The predicted octanol–water partition coefficient (Wildman–Crippen LogP) is 0.174. The third kappa shape index (κ3) is 1.03. The molecule has 2 rings (SSSR count). The molecule has 0 aliphatic carbocycles. The average molecular weight is 163 g/mol. The molecule has 12 heavy (non-hydrogen) atoms. The molecule has 1 unspecified atom stereocenters. The molecule has 1 aliphatic rings. The van der Waals surface area contributed by atoms with Crippen molar-refractivity contribution in [2.75, 3.05) is 0 Å². The maximum absolute atomic E-state index is 11.3. The molecular formula is C9H9NO2. The van der Waals surface area contributed by atoms with Crippen molar-refractivity contribution in [3.63, 3.8) is 0 Å². The maximum atomic E-state index is 11.3. The van der Waals surface area contributed by atoms with Crippen LogP contribution in [0.25, 0.3) is 0 Å². The van der Waals surface area contributed by atoms with E-state index >= 15 is 0 Å². The first-order chi connectivity index (χ1) is 5.79. The molecule has 1 aromatic carbocycles. The van der Waals surface area contributed by atoms with Crippen molar-refractivity contribution in [2.45, 2.75) is 12.8 Å². The van der Waals surface area contributed by atoms with E-state index in [0.29, 0.717) is 18.5 Å². The van der Waals surface area contributed by atoms with Crippen LogP contribution in [0.15, 0.2) is 24.3 Å². The molecule has 1 aromatic rings. The summed E-state index contributed by atoms with van der Waals surface area (Å²) in [7, 11) is 0. The molecule has 0 fully saturated rings. The van der Waals surface area contributed by atoms with Gasteiger partial charge in [0.15, 0.2) is 0 Å². The molecule has 0 saturated carbocycles. The second-order valence-corrected chi connectivity index (χ2v) is 2.91. The minimum Gasteiger partial charge on any atom is -0.621 e. The van der Waals surface area contributed by atoms with Gasteiger partial charge in [-0.1, -0.05) is 18.2 Å². The van der Waals surface area contributed by atoms with Gasteiger partial charge in [0.1, 0.15) is 5.69 Å². The number of aryl methyl sites for hydroxylation is 1. The Morgan fingerprint density at radius 2 is 2.00 bits per heavy atom. The number of carbonyl (C=O) groups is 1.